The molecule has 140 valence electrons. The van der Waals surface area contributed by atoms with Crippen molar-refractivity contribution < 1.29 is 19.1 Å². The van der Waals surface area contributed by atoms with E-state index < -0.39 is 0 Å². The van der Waals surface area contributed by atoms with Crippen LogP contribution >= 0.6 is 0 Å². The zero-order chi connectivity index (χ0) is 18.1. The molecular formula is C19H25N3O4. The average Bonchev–Trinajstić information content (AvgIpc) is 3.43. The van der Waals surface area contributed by atoms with Crippen LogP contribution in [-0.4, -0.2) is 55.8 Å². The predicted octanol–water partition coefficient (Wildman–Crippen LogP) is 1.84. The van der Waals surface area contributed by atoms with Gasteiger partial charge in [-0.2, -0.15) is 0 Å². The van der Waals surface area contributed by atoms with Crippen molar-refractivity contribution in [2.75, 3.05) is 32.1 Å². The van der Waals surface area contributed by atoms with Crippen LogP contribution in [-0.2, 0) is 9.53 Å². The second-order valence-corrected chi connectivity index (χ2v) is 7.39. The second-order valence-electron chi connectivity index (χ2n) is 7.39. The van der Waals surface area contributed by atoms with Gasteiger partial charge in [0.25, 0.3) is 0 Å². The molecule has 0 unspecified atom stereocenters. The summed E-state index contributed by atoms with van der Waals surface area (Å²) in [4.78, 5) is 26.8. The highest BCUT2D eigenvalue weighted by Crippen LogP contribution is 2.33. The van der Waals surface area contributed by atoms with Gasteiger partial charge in [-0.25, -0.2) is 4.79 Å². The van der Waals surface area contributed by atoms with Crippen LogP contribution in [0, 0.1) is 11.8 Å². The van der Waals surface area contributed by atoms with E-state index in [1.54, 1.807) is 18.1 Å². The highest BCUT2D eigenvalue weighted by Gasteiger charge is 2.45. The fourth-order valence-electron chi connectivity index (χ4n) is 3.70. The largest absolute Gasteiger partial charge is 0.497 e. The van der Waals surface area contributed by atoms with Crippen LogP contribution < -0.4 is 15.4 Å². The van der Waals surface area contributed by atoms with Gasteiger partial charge in [-0.05, 0) is 37.3 Å². The average molecular weight is 359 g/mol. The van der Waals surface area contributed by atoms with Crippen molar-refractivity contribution in [3.05, 3.63) is 24.3 Å². The van der Waals surface area contributed by atoms with Crippen LogP contribution in [0.1, 0.15) is 19.3 Å². The van der Waals surface area contributed by atoms with Gasteiger partial charge in [0.15, 0.2) is 0 Å². The lowest BCUT2D eigenvalue weighted by atomic mass is 9.99. The number of urea groups is 1. The summed E-state index contributed by atoms with van der Waals surface area (Å²) < 4.78 is 11.1. The molecule has 1 saturated carbocycles. The molecule has 3 amide bonds. The molecule has 0 spiro atoms. The quantitative estimate of drug-likeness (QED) is 0.841. The first-order valence-electron chi connectivity index (χ1n) is 9.25. The minimum atomic E-state index is -0.219. The van der Waals surface area contributed by atoms with Crippen LogP contribution in [0.5, 0.6) is 5.75 Å². The Morgan fingerprint density at radius 3 is 2.92 bits per heavy atom. The first-order valence-corrected chi connectivity index (χ1v) is 9.25. The highest BCUT2D eigenvalue weighted by atomic mass is 16.5. The number of carbonyl (C=O) groups excluding carboxylic acids is 2. The Morgan fingerprint density at radius 1 is 1.31 bits per heavy atom. The van der Waals surface area contributed by atoms with Crippen LogP contribution in [0.25, 0.3) is 0 Å². The molecule has 2 aliphatic heterocycles. The maximum Gasteiger partial charge on any atom is 0.322 e. The van der Waals surface area contributed by atoms with Crippen LogP contribution in [0.15, 0.2) is 24.3 Å². The molecule has 4 rings (SSSR count). The Morgan fingerprint density at radius 2 is 2.15 bits per heavy atom. The van der Waals surface area contributed by atoms with Gasteiger partial charge >= 0.3 is 6.03 Å². The summed E-state index contributed by atoms with van der Waals surface area (Å²) in [7, 11) is 1.59. The van der Waals surface area contributed by atoms with Gasteiger partial charge in [0.05, 0.1) is 25.2 Å². The van der Waals surface area contributed by atoms with E-state index >= 15 is 0 Å². The molecule has 26 heavy (non-hydrogen) atoms. The third-order valence-corrected chi connectivity index (χ3v) is 5.36. The zero-order valence-electron chi connectivity index (χ0n) is 14.9. The molecule has 0 radical (unpaired) electrons. The summed E-state index contributed by atoms with van der Waals surface area (Å²) in [6, 6.07) is 7.09. The van der Waals surface area contributed by atoms with E-state index in [2.05, 4.69) is 10.6 Å². The zero-order valence-corrected chi connectivity index (χ0v) is 14.9. The van der Waals surface area contributed by atoms with Crippen LogP contribution in [0.4, 0.5) is 10.5 Å². The van der Waals surface area contributed by atoms with Crippen molar-refractivity contribution >= 4 is 17.6 Å². The number of morpholine rings is 1. The number of amides is 3. The Bertz CT molecular complexity index is 691. The van der Waals surface area contributed by atoms with Gasteiger partial charge < -0.3 is 25.0 Å². The van der Waals surface area contributed by atoms with Gasteiger partial charge in [-0.3, -0.25) is 4.79 Å². The van der Waals surface area contributed by atoms with E-state index in [-0.39, 0.29) is 30.1 Å². The number of anilines is 1. The molecule has 7 nitrogen and oxygen atoms in total. The molecule has 3 aliphatic rings. The lowest BCUT2D eigenvalue weighted by Gasteiger charge is -2.32. The van der Waals surface area contributed by atoms with Crippen molar-refractivity contribution in [2.24, 2.45) is 11.8 Å². The number of methoxy groups -OCH3 is 1. The first-order chi connectivity index (χ1) is 12.6. The summed E-state index contributed by atoms with van der Waals surface area (Å²) in [5, 5.41) is 5.94. The van der Waals surface area contributed by atoms with Gasteiger partial charge in [-0.15, -0.1) is 0 Å². The predicted molar refractivity (Wildman–Crippen MR) is 96.1 cm³/mol. The molecule has 1 aromatic carbocycles. The van der Waals surface area contributed by atoms with E-state index in [9.17, 15) is 9.59 Å². The number of rotatable bonds is 5. The maximum atomic E-state index is 12.6. The molecular weight excluding hydrogens is 334 g/mol. The summed E-state index contributed by atoms with van der Waals surface area (Å²) in [6.07, 6.45) is 2.83. The minimum Gasteiger partial charge on any atom is -0.497 e. The summed E-state index contributed by atoms with van der Waals surface area (Å²) >= 11 is 0. The van der Waals surface area contributed by atoms with E-state index in [4.69, 9.17) is 9.47 Å². The van der Waals surface area contributed by atoms with E-state index in [0.717, 1.165) is 6.54 Å². The van der Waals surface area contributed by atoms with E-state index in [1.807, 2.05) is 18.2 Å². The molecule has 2 N–H and O–H groups in total. The molecule has 1 aliphatic carbocycles. The Kier molecular flexibility index (Phi) is 4.72. The smallest absolute Gasteiger partial charge is 0.322 e. The number of hydrogen-bond acceptors (Lipinski definition) is 4. The van der Waals surface area contributed by atoms with Gasteiger partial charge in [0, 0.05) is 31.4 Å². The van der Waals surface area contributed by atoms with Gasteiger partial charge in [0.1, 0.15) is 5.75 Å². The molecule has 2 bridgehead atoms. The first kappa shape index (κ1) is 17.1. The second kappa shape index (κ2) is 7.15. The Labute approximate surface area is 153 Å². The number of hydrogen-bond donors (Lipinski definition) is 2. The van der Waals surface area contributed by atoms with Crippen molar-refractivity contribution in [2.45, 2.75) is 31.5 Å². The number of nitrogens with zero attached hydrogens (tertiary/aromatic N) is 1. The molecule has 2 heterocycles. The molecule has 3 fully saturated rings. The summed E-state index contributed by atoms with van der Waals surface area (Å²) in [5.74, 6) is 1.26. The van der Waals surface area contributed by atoms with Gasteiger partial charge in [0.2, 0.25) is 5.91 Å². The molecule has 7 heteroatoms. The van der Waals surface area contributed by atoms with Crippen molar-refractivity contribution in [1.82, 2.24) is 10.2 Å². The SMILES string of the molecule is COc1cccc(NC(=O)N2C[C@H]3C[C@H](C(=O)NCC4CC4)[C@@H](C2)O3)c1. The molecule has 2 saturated heterocycles. The number of carbonyl (C=O) groups is 2. The molecule has 1 aromatic rings. The number of likely N-dealkylation sites (tertiary alicyclic amines) is 1. The minimum absolute atomic E-state index is 0.0681. The third kappa shape index (κ3) is 3.77. The molecule has 0 aromatic heterocycles. The fraction of sp³-hybridized carbons (Fsp3) is 0.579. The highest BCUT2D eigenvalue weighted by molar-refractivity contribution is 5.90. The molecule has 3 atom stereocenters. The van der Waals surface area contributed by atoms with E-state index in [1.165, 1.54) is 12.8 Å². The van der Waals surface area contributed by atoms with Gasteiger partial charge in [-0.1, -0.05) is 6.07 Å². The normalized spacial score (nSPS) is 27.1. The number of nitrogens with one attached hydrogen (secondary N) is 2. The van der Waals surface area contributed by atoms with E-state index in [0.29, 0.717) is 36.9 Å². The lowest BCUT2D eigenvalue weighted by molar-refractivity contribution is -0.127. The number of benzene rings is 1. The Balaban J connectivity index is 1.34. The Hall–Kier alpha value is -2.28. The number of fused-ring (bicyclic) bond motifs is 2. The van der Waals surface area contributed by atoms with Crippen molar-refractivity contribution in [1.29, 1.82) is 0 Å². The van der Waals surface area contributed by atoms with Crippen molar-refractivity contribution in [3.8, 4) is 5.75 Å². The summed E-state index contributed by atoms with van der Waals surface area (Å²) in [5.41, 5.74) is 0.687. The van der Waals surface area contributed by atoms with Crippen LogP contribution in [0.3, 0.4) is 0 Å². The third-order valence-electron chi connectivity index (χ3n) is 5.36. The lowest BCUT2D eigenvalue weighted by Crippen LogP contribution is -2.49. The standard InChI is InChI=1S/C19H25N3O4/c1-25-14-4-2-3-13(7-14)21-19(24)22-10-15-8-16(17(11-22)26-15)18(23)20-9-12-5-6-12/h2-4,7,12,15-17H,5-6,8-11H2,1H3,(H,20,23)(H,21,24)/t15-,16+,17-/m1/s1. The summed E-state index contributed by atoms with van der Waals surface area (Å²) in [6.45, 7) is 1.72. The fourth-order valence-corrected chi connectivity index (χ4v) is 3.70. The monoisotopic (exact) mass is 359 g/mol. The van der Waals surface area contributed by atoms with Crippen LogP contribution in [0.2, 0.25) is 0 Å². The maximum absolute atomic E-state index is 12.6. The number of ether oxygens (including phenoxy) is 2. The van der Waals surface area contributed by atoms with Crippen molar-refractivity contribution in [3.63, 3.8) is 0 Å². The topological polar surface area (TPSA) is 79.9 Å².